The Bertz CT molecular complexity index is 671. The standard InChI is InChI=1S/C16H18F3N3O2/c17-13-11-12(22(23)24)4-5-14(13)20-7-9-21(10-8-20)15-3-1-2-6-16(15,18)19/h3-5,11H,1-2,6-10H2. The lowest BCUT2D eigenvalue weighted by Gasteiger charge is -2.41. The highest BCUT2D eigenvalue weighted by Gasteiger charge is 2.39. The number of nitrogens with zero attached hydrogens (tertiary/aromatic N) is 3. The van der Waals surface area contributed by atoms with E-state index in [9.17, 15) is 23.3 Å². The minimum Gasteiger partial charge on any atom is -0.367 e. The van der Waals surface area contributed by atoms with Gasteiger partial charge in [-0.15, -0.1) is 0 Å². The quantitative estimate of drug-likeness (QED) is 0.623. The molecule has 1 aromatic carbocycles. The predicted octanol–water partition coefficient (Wildman–Crippen LogP) is 3.56. The Morgan fingerprint density at radius 1 is 1.12 bits per heavy atom. The van der Waals surface area contributed by atoms with Gasteiger partial charge in [0.05, 0.1) is 22.4 Å². The largest absolute Gasteiger partial charge is 0.367 e. The molecule has 0 bridgehead atoms. The summed E-state index contributed by atoms with van der Waals surface area (Å²) in [5.41, 5.74) is 0.0455. The van der Waals surface area contributed by atoms with E-state index in [0.29, 0.717) is 39.0 Å². The summed E-state index contributed by atoms with van der Waals surface area (Å²) in [4.78, 5) is 13.4. The minimum absolute atomic E-state index is 0.0811. The van der Waals surface area contributed by atoms with E-state index >= 15 is 0 Å². The van der Waals surface area contributed by atoms with Crippen LogP contribution in [0.4, 0.5) is 24.5 Å². The van der Waals surface area contributed by atoms with Gasteiger partial charge in [-0.2, -0.15) is 8.78 Å². The summed E-state index contributed by atoms with van der Waals surface area (Å²) in [5.74, 6) is -3.46. The number of nitro benzene ring substituents is 1. The van der Waals surface area contributed by atoms with Crippen LogP contribution in [0.3, 0.4) is 0 Å². The van der Waals surface area contributed by atoms with E-state index in [-0.39, 0.29) is 23.5 Å². The summed E-state index contributed by atoms with van der Waals surface area (Å²) in [5, 5.41) is 10.7. The van der Waals surface area contributed by atoms with Crippen LogP contribution < -0.4 is 4.90 Å². The molecule has 0 saturated carbocycles. The summed E-state index contributed by atoms with van der Waals surface area (Å²) in [6.45, 7) is 1.53. The number of halogens is 3. The topological polar surface area (TPSA) is 49.6 Å². The number of hydrogen-bond donors (Lipinski definition) is 0. The first-order valence-electron chi connectivity index (χ1n) is 7.91. The molecule has 0 spiro atoms. The molecule has 0 N–H and O–H groups in total. The maximum Gasteiger partial charge on any atom is 0.287 e. The third-order valence-electron chi connectivity index (χ3n) is 4.51. The molecule has 1 aliphatic carbocycles. The molecule has 130 valence electrons. The van der Waals surface area contributed by atoms with Crippen LogP contribution in [0.25, 0.3) is 0 Å². The summed E-state index contributed by atoms with van der Waals surface area (Å²) < 4.78 is 42.1. The van der Waals surface area contributed by atoms with Crippen LogP contribution in [0.2, 0.25) is 0 Å². The number of hydrogen-bond acceptors (Lipinski definition) is 4. The molecule has 24 heavy (non-hydrogen) atoms. The first-order chi connectivity index (χ1) is 11.4. The summed E-state index contributed by atoms with van der Waals surface area (Å²) >= 11 is 0. The van der Waals surface area contributed by atoms with Crippen molar-refractivity contribution in [3.8, 4) is 0 Å². The first kappa shape index (κ1) is 16.6. The molecule has 0 amide bonds. The van der Waals surface area contributed by atoms with E-state index in [1.165, 1.54) is 12.1 Å². The Balaban J connectivity index is 1.69. The molecular formula is C16H18F3N3O2. The fourth-order valence-electron chi connectivity index (χ4n) is 3.25. The molecule has 3 rings (SSSR count). The second kappa shape index (κ2) is 6.33. The lowest BCUT2D eigenvalue weighted by atomic mass is 9.99. The Morgan fingerprint density at radius 3 is 2.38 bits per heavy atom. The molecule has 0 unspecified atom stereocenters. The Morgan fingerprint density at radius 2 is 1.79 bits per heavy atom. The molecule has 1 aromatic rings. The van der Waals surface area contributed by atoms with E-state index in [2.05, 4.69) is 0 Å². The summed E-state index contributed by atoms with van der Waals surface area (Å²) in [7, 11) is 0. The van der Waals surface area contributed by atoms with Crippen LogP contribution in [0.5, 0.6) is 0 Å². The van der Waals surface area contributed by atoms with E-state index < -0.39 is 16.7 Å². The normalized spacial score (nSPS) is 20.7. The van der Waals surface area contributed by atoms with E-state index in [1.54, 1.807) is 15.9 Å². The summed E-state index contributed by atoms with van der Waals surface area (Å²) in [6.07, 6.45) is 2.62. The van der Waals surface area contributed by atoms with Crippen LogP contribution in [0.15, 0.2) is 30.0 Å². The predicted molar refractivity (Wildman–Crippen MR) is 83.7 cm³/mol. The van der Waals surface area contributed by atoms with Crippen LogP contribution in [0.1, 0.15) is 19.3 Å². The van der Waals surface area contributed by atoms with Crippen LogP contribution >= 0.6 is 0 Å². The monoisotopic (exact) mass is 341 g/mol. The second-order valence-corrected chi connectivity index (χ2v) is 6.05. The smallest absolute Gasteiger partial charge is 0.287 e. The molecule has 5 nitrogen and oxygen atoms in total. The number of allylic oxidation sites excluding steroid dienone is 2. The Hall–Kier alpha value is -2.25. The lowest BCUT2D eigenvalue weighted by molar-refractivity contribution is -0.385. The van der Waals surface area contributed by atoms with E-state index in [4.69, 9.17) is 0 Å². The third kappa shape index (κ3) is 3.18. The SMILES string of the molecule is O=[N+]([O-])c1ccc(N2CCN(C3=CCCCC3(F)F)CC2)c(F)c1. The van der Waals surface area contributed by atoms with Gasteiger partial charge in [0.1, 0.15) is 0 Å². The van der Waals surface area contributed by atoms with Crippen molar-refractivity contribution < 1.29 is 18.1 Å². The van der Waals surface area contributed by atoms with Gasteiger partial charge in [-0.1, -0.05) is 6.08 Å². The molecule has 1 saturated heterocycles. The number of benzene rings is 1. The fourth-order valence-corrected chi connectivity index (χ4v) is 3.25. The average Bonchev–Trinajstić information content (AvgIpc) is 2.54. The first-order valence-corrected chi connectivity index (χ1v) is 7.91. The molecule has 0 radical (unpaired) electrons. The van der Waals surface area contributed by atoms with Gasteiger partial charge in [-0.25, -0.2) is 4.39 Å². The molecule has 0 aromatic heterocycles. The van der Waals surface area contributed by atoms with Crippen LogP contribution in [-0.2, 0) is 0 Å². The van der Waals surface area contributed by atoms with Crippen molar-refractivity contribution in [3.63, 3.8) is 0 Å². The number of nitro groups is 1. The molecule has 1 aliphatic heterocycles. The number of anilines is 1. The van der Waals surface area contributed by atoms with Crippen LogP contribution in [0, 0.1) is 15.9 Å². The molecule has 1 fully saturated rings. The maximum absolute atomic E-state index is 14.1. The molecular weight excluding hydrogens is 323 g/mol. The zero-order valence-corrected chi connectivity index (χ0v) is 13.1. The third-order valence-corrected chi connectivity index (χ3v) is 4.51. The molecule has 8 heteroatoms. The lowest BCUT2D eigenvalue weighted by Crippen LogP contribution is -2.49. The van der Waals surface area contributed by atoms with Gasteiger partial charge in [0, 0.05) is 38.7 Å². The zero-order valence-electron chi connectivity index (χ0n) is 13.1. The number of rotatable bonds is 3. The molecule has 0 atom stereocenters. The number of non-ortho nitro benzene ring substituents is 1. The number of piperazine rings is 1. The van der Waals surface area contributed by atoms with Gasteiger partial charge >= 0.3 is 0 Å². The van der Waals surface area contributed by atoms with Crippen molar-refractivity contribution in [3.05, 3.63) is 45.9 Å². The van der Waals surface area contributed by atoms with E-state index in [0.717, 1.165) is 6.07 Å². The van der Waals surface area contributed by atoms with Crippen molar-refractivity contribution >= 4 is 11.4 Å². The second-order valence-electron chi connectivity index (χ2n) is 6.05. The highest BCUT2D eigenvalue weighted by Crippen LogP contribution is 2.37. The van der Waals surface area contributed by atoms with Crippen molar-refractivity contribution in [1.29, 1.82) is 0 Å². The fraction of sp³-hybridized carbons (Fsp3) is 0.500. The van der Waals surface area contributed by atoms with Gasteiger partial charge in [0.15, 0.2) is 5.82 Å². The van der Waals surface area contributed by atoms with Gasteiger partial charge in [-0.05, 0) is 18.9 Å². The van der Waals surface area contributed by atoms with Crippen molar-refractivity contribution in [2.45, 2.75) is 25.2 Å². The highest BCUT2D eigenvalue weighted by molar-refractivity contribution is 5.52. The van der Waals surface area contributed by atoms with Crippen molar-refractivity contribution in [2.24, 2.45) is 0 Å². The zero-order chi connectivity index (χ0) is 17.3. The van der Waals surface area contributed by atoms with Crippen LogP contribution in [-0.4, -0.2) is 41.9 Å². The highest BCUT2D eigenvalue weighted by atomic mass is 19.3. The average molecular weight is 341 g/mol. The van der Waals surface area contributed by atoms with E-state index in [1.807, 2.05) is 0 Å². The number of alkyl halides is 2. The van der Waals surface area contributed by atoms with Gasteiger partial charge in [-0.3, -0.25) is 10.1 Å². The van der Waals surface area contributed by atoms with Gasteiger partial charge in [0.25, 0.3) is 11.6 Å². The Kier molecular flexibility index (Phi) is 4.38. The molecule has 2 aliphatic rings. The Labute approximate surface area is 137 Å². The minimum atomic E-state index is -2.79. The maximum atomic E-state index is 14.1. The summed E-state index contributed by atoms with van der Waals surface area (Å²) in [6, 6.07) is 3.51. The van der Waals surface area contributed by atoms with Gasteiger partial charge in [0.2, 0.25) is 0 Å². The van der Waals surface area contributed by atoms with Crippen molar-refractivity contribution in [1.82, 2.24) is 4.90 Å². The van der Waals surface area contributed by atoms with Crippen molar-refractivity contribution in [2.75, 3.05) is 31.1 Å². The van der Waals surface area contributed by atoms with Gasteiger partial charge < -0.3 is 9.80 Å². The molecule has 1 heterocycles.